The number of aryl methyl sites for hydroxylation is 1. The number of rotatable bonds is 3. The average molecular weight is 207 g/mol. The first-order valence-corrected chi connectivity index (χ1v) is 5.46. The minimum Gasteiger partial charge on any atom is -0.387 e. The summed E-state index contributed by atoms with van der Waals surface area (Å²) < 4.78 is 0. The van der Waals surface area contributed by atoms with Crippen LogP contribution >= 0.6 is 0 Å². The normalized spacial score (nSPS) is 13.3. The highest BCUT2D eigenvalue weighted by Gasteiger charge is 2.12. The highest BCUT2D eigenvalue weighted by atomic mass is 16.3. The van der Waals surface area contributed by atoms with Crippen LogP contribution in [0.4, 0.5) is 0 Å². The maximum atomic E-state index is 9.82. The molecule has 0 amide bonds. The lowest BCUT2D eigenvalue weighted by Crippen LogP contribution is -2.13. The molecule has 1 aromatic carbocycles. The second kappa shape index (κ2) is 4.77. The maximum absolute atomic E-state index is 9.82. The van der Waals surface area contributed by atoms with Crippen LogP contribution < -0.4 is 5.73 Å². The van der Waals surface area contributed by atoms with Crippen LogP contribution in [0.1, 0.15) is 48.1 Å². The van der Waals surface area contributed by atoms with Crippen molar-refractivity contribution in [2.75, 3.05) is 6.54 Å². The van der Waals surface area contributed by atoms with Gasteiger partial charge in [0.1, 0.15) is 0 Å². The lowest BCUT2D eigenvalue weighted by Gasteiger charge is -2.17. The van der Waals surface area contributed by atoms with Gasteiger partial charge in [0.25, 0.3) is 0 Å². The maximum Gasteiger partial charge on any atom is 0.0914 e. The van der Waals surface area contributed by atoms with E-state index in [4.69, 9.17) is 5.73 Å². The highest BCUT2D eigenvalue weighted by molar-refractivity contribution is 5.40. The Morgan fingerprint density at radius 2 is 1.87 bits per heavy atom. The summed E-state index contributed by atoms with van der Waals surface area (Å²) in [5, 5.41) is 9.82. The summed E-state index contributed by atoms with van der Waals surface area (Å²) in [6.45, 7) is 8.70. The molecule has 0 fully saturated rings. The van der Waals surface area contributed by atoms with Gasteiger partial charge in [-0.2, -0.15) is 0 Å². The van der Waals surface area contributed by atoms with Crippen molar-refractivity contribution in [2.24, 2.45) is 5.73 Å². The molecule has 0 aliphatic carbocycles. The summed E-state index contributed by atoms with van der Waals surface area (Å²) in [5.41, 5.74) is 10.1. The van der Waals surface area contributed by atoms with Crippen molar-refractivity contribution in [2.45, 2.75) is 39.7 Å². The monoisotopic (exact) mass is 207 g/mol. The van der Waals surface area contributed by atoms with E-state index in [-0.39, 0.29) is 6.54 Å². The first-order chi connectivity index (χ1) is 6.97. The summed E-state index contributed by atoms with van der Waals surface area (Å²) in [4.78, 5) is 0. The van der Waals surface area contributed by atoms with Crippen LogP contribution in [0, 0.1) is 13.8 Å². The molecule has 3 N–H and O–H groups in total. The van der Waals surface area contributed by atoms with E-state index in [1.54, 1.807) is 0 Å². The van der Waals surface area contributed by atoms with Crippen LogP contribution in [-0.2, 0) is 0 Å². The van der Waals surface area contributed by atoms with Gasteiger partial charge in [0, 0.05) is 6.54 Å². The fourth-order valence-electron chi connectivity index (χ4n) is 1.72. The molecule has 84 valence electrons. The molecule has 0 saturated carbocycles. The van der Waals surface area contributed by atoms with E-state index in [1.165, 1.54) is 11.1 Å². The number of nitrogens with two attached hydrogens (primary N) is 1. The van der Waals surface area contributed by atoms with Gasteiger partial charge in [0.05, 0.1) is 6.10 Å². The molecule has 15 heavy (non-hydrogen) atoms. The van der Waals surface area contributed by atoms with Gasteiger partial charge in [0.2, 0.25) is 0 Å². The fraction of sp³-hybridized carbons (Fsp3) is 0.538. The predicted molar refractivity (Wildman–Crippen MR) is 64.0 cm³/mol. The number of benzene rings is 1. The van der Waals surface area contributed by atoms with Crippen molar-refractivity contribution >= 4 is 0 Å². The Morgan fingerprint density at radius 1 is 1.27 bits per heavy atom. The number of hydrogen-bond acceptors (Lipinski definition) is 2. The van der Waals surface area contributed by atoms with E-state index in [9.17, 15) is 5.11 Å². The summed E-state index contributed by atoms with van der Waals surface area (Å²) in [6.07, 6.45) is -0.539. The molecule has 1 aromatic rings. The molecule has 1 unspecified atom stereocenters. The van der Waals surface area contributed by atoms with E-state index < -0.39 is 6.10 Å². The molecular weight excluding hydrogens is 186 g/mol. The minimum absolute atomic E-state index is 0.280. The van der Waals surface area contributed by atoms with E-state index in [0.717, 1.165) is 11.1 Å². The second-order valence-electron chi connectivity index (χ2n) is 4.46. The number of aliphatic hydroxyl groups excluding tert-OH is 1. The zero-order chi connectivity index (χ0) is 11.6. The zero-order valence-electron chi connectivity index (χ0n) is 10.0. The Hall–Kier alpha value is -0.860. The first kappa shape index (κ1) is 12.2. The lowest BCUT2D eigenvalue weighted by molar-refractivity contribution is 0.186. The fourth-order valence-corrected chi connectivity index (χ4v) is 1.72. The summed E-state index contributed by atoms with van der Waals surface area (Å²) in [5.74, 6) is 0.480. The standard InChI is InChI=1S/C13H21NO/c1-8(2)11-5-9(3)10(4)12(6-11)13(15)7-14/h5-6,8,13,15H,7,14H2,1-4H3. The molecule has 2 heteroatoms. The molecule has 0 aliphatic rings. The molecule has 2 nitrogen and oxygen atoms in total. The highest BCUT2D eigenvalue weighted by Crippen LogP contribution is 2.25. The average Bonchev–Trinajstić information content (AvgIpc) is 2.20. The van der Waals surface area contributed by atoms with Crippen LogP contribution in [0.25, 0.3) is 0 Å². The van der Waals surface area contributed by atoms with Crippen LogP contribution in [0.3, 0.4) is 0 Å². The Balaban J connectivity index is 3.25. The Kier molecular flexibility index (Phi) is 3.89. The molecule has 0 saturated heterocycles. The second-order valence-corrected chi connectivity index (χ2v) is 4.46. The van der Waals surface area contributed by atoms with Crippen LogP contribution in [0.15, 0.2) is 12.1 Å². The van der Waals surface area contributed by atoms with Gasteiger partial charge in [-0.25, -0.2) is 0 Å². The van der Waals surface area contributed by atoms with Gasteiger partial charge in [-0.05, 0) is 42.0 Å². The van der Waals surface area contributed by atoms with Gasteiger partial charge in [-0.15, -0.1) is 0 Å². The molecule has 0 bridgehead atoms. The smallest absolute Gasteiger partial charge is 0.0914 e. The van der Waals surface area contributed by atoms with Crippen molar-refractivity contribution < 1.29 is 5.11 Å². The van der Waals surface area contributed by atoms with Gasteiger partial charge in [0.15, 0.2) is 0 Å². The summed E-state index contributed by atoms with van der Waals surface area (Å²) in [6, 6.07) is 4.26. The first-order valence-electron chi connectivity index (χ1n) is 5.46. The molecule has 1 rings (SSSR count). The van der Waals surface area contributed by atoms with E-state index in [1.807, 2.05) is 6.92 Å². The third-order valence-corrected chi connectivity index (χ3v) is 2.98. The van der Waals surface area contributed by atoms with Crippen LogP contribution in [0.5, 0.6) is 0 Å². The molecular formula is C13H21NO. The lowest BCUT2D eigenvalue weighted by atomic mass is 9.92. The number of aliphatic hydroxyl groups is 1. The molecule has 0 heterocycles. The molecule has 1 atom stereocenters. The molecule has 0 spiro atoms. The van der Waals surface area contributed by atoms with Gasteiger partial charge in [-0.1, -0.05) is 26.0 Å². The van der Waals surface area contributed by atoms with Crippen molar-refractivity contribution in [1.82, 2.24) is 0 Å². The molecule has 0 aliphatic heterocycles. The van der Waals surface area contributed by atoms with Crippen LogP contribution in [0.2, 0.25) is 0 Å². The van der Waals surface area contributed by atoms with E-state index in [0.29, 0.717) is 5.92 Å². The van der Waals surface area contributed by atoms with Crippen LogP contribution in [-0.4, -0.2) is 11.7 Å². The van der Waals surface area contributed by atoms with Gasteiger partial charge < -0.3 is 10.8 Å². The predicted octanol–water partition coefficient (Wildman–Crippen LogP) is 2.42. The topological polar surface area (TPSA) is 46.2 Å². The Labute approximate surface area is 92.1 Å². The summed E-state index contributed by atoms with van der Waals surface area (Å²) >= 11 is 0. The third kappa shape index (κ3) is 2.58. The SMILES string of the molecule is Cc1cc(C(C)C)cc(C(O)CN)c1C. The quantitative estimate of drug-likeness (QED) is 0.799. The van der Waals surface area contributed by atoms with Crippen molar-refractivity contribution in [3.05, 3.63) is 34.4 Å². The zero-order valence-corrected chi connectivity index (χ0v) is 10.0. The Morgan fingerprint density at radius 3 is 2.33 bits per heavy atom. The van der Waals surface area contributed by atoms with Gasteiger partial charge in [-0.3, -0.25) is 0 Å². The Bertz CT molecular complexity index is 345. The van der Waals surface area contributed by atoms with Crippen molar-refractivity contribution in [3.8, 4) is 0 Å². The van der Waals surface area contributed by atoms with Crippen molar-refractivity contribution in [1.29, 1.82) is 0 Å². The minimum atomic E-state index is -0.539. The van der Waals surface area contributed by atoms with E-state index >= 15 is 0 Å². The molecule has 0 radical (unpaired) electrons. The van der Waals surface area contributed by atoms with Gasteiger partial charge >= 0.3 is 0 Å². The van der Waals surface area contributed by atoms with Crippen molar-refractivity contribution in [3.63, 3.8) is 0 Å². The third-order valence-electron chi connectivity index (χ3n) is 2.98. The number of hydrogen-bond donors (Lipinski definition) is 2. The molecule has 0 aromatic heterocycles. The largest absolute Gasteiger partial charge is 0.387 e. The van der Waals surface area contributed by atoms with E-state index in [2.05, 4.69) is 32.9 Å². The summed E-state index contributed by atoms with van der Waals surface area (Å²) in [7, 11) is 0.